The fourth-order valence-electron chi connectivity index (χ4n) is 0.921. The molecule has 14 heavy (non-hydrogen) atoms. The van der Waals surface area contributed by atoms with Gasteiger partial charge in [0.15, 0.2) is 0 Å². The number of anilines is 1. The second-order valence-corrected chi connectivity index (χ2v) is 3.54. The van der Waals surface area contributed by atoms with E-state index in [1.54, 1.807) is 12.5 Å². The predicted molar refractivity (Wildman–Crippen MR) is 56.8 cm³/mol. The van der Waals surface area contributed by atoms with Gasteiger partial charge < -0.3 is 4.42 Å². The summed E-state index contributed by atoms with van der Waals surface area (Å²) in [6.07, 6.45) is 3.21. The molecule has 4 nitrogen and oxygen atoms in total. The summed E-state index contributed by atoms with van der Waals surface area (Å²) in [5.41, 5.74) is 3.81. The third-order valence-corrected chi connectivity index (χ3v) is 2.38. The average molecular weight is 207 g/mol. The summed E-state index contributed by atoms with van der Waals surface area (Å²) >= 11 is 1.52. The molecule has 72 valence electrons. The molecule has 1 N–H and O–H groups in total. The van der Waals surface area contributed by atoms with Crippen molar-refractivity contribution in [2.45, 2.75) is 6.92 Å². The highest BCUT2D eigenvalue weighted by molar-refractivity contribution is 7.13. The third-order valence-electron chi connectivity index (χ3n) is 1.51. The summed E-state index contributed by atoms with van der Waals surface area (Å²) in [6, 6.07) is 3.65. The minimum atomic E-state index is 0.714. The van der Waals surface area contributed by atoms with Gasteiger partial charge in [-0.25, -0.2) is 4.98 Å². The topological polar surface area (TPSA) is 50.4 Å². The lowest BCUT2D eigenvalue weighted by atomic mass is 10.5. The molecule has 0 saturated carbocycles. The highest BCUT2D eigenvalue weighted by Crippen LogP contribution is 2.13. The zero-order chi connectivity index (χ0) is 9.80. The Bertz CT molecular complexity index is 419. The fraction of sp³-hybridized carbons (Fsp3) is 0.111. The molecular weight excluding hydrogens is 198 g/mol. The molecule has 0 aliphatic rings. The fourth-order valence-corrected chi connectivity index (χ4v) is 1.56. The van der Waals surface area contributed by atoms with E-state index in [0.717, 1.165) is 10.8 Å². The summed E-state index contributed by atoms with van der Waals surface area (Å²) in [5, 5.41) is 6.72. The van der Waals surface area contributed by atoms with E-state index in [-0.39, 0.29) is 0 Å². The van der Waals surface area contributed by atoms with Crippen molar-refractivity contribution in [1.82, 2.24) is 4.98 Å². The molecule has 0 radical (unpaired) electrons. The number of nitrogens with one attached hydrogen (secondary N) is 1. The number of hydrogen-bond donors (Lipinski definition) is 1. The van der Waals surface area contributed by atoms with Crippen LogP contribution in [0.1, 0.15) is 11.5 Å². The van der Waals surface area contributed by atoms with Gasteiger partial charge in [-0.05, 0) is 19.1 Å². The van der Waals surface area contributed by atoms with Crippen molar-refractivity contribution >= 4 is 22.7 Å². The molecule has 5 heteroatoms. The minimum Gasteiger partial charge on any atom is -0.463 e. The Morgan fingerprint density at radius 3 is 3.21 bits per heavy atom. The van der Waals surface area contributed by atoms with Gasteiger partial charge in [0.05, 0.1) is 18.2 Å². The zero-order valence-corrected chi connectivity index (χ0v) is 8.41. The lowest BCUT2D eigenvalue weighted by Crippen LogP contribution is -1.88. The van der Waals surface area contributed by atoms with Crippen molar-refractivity contribution in [3.63, 3.8) is 0 Å². The van der Waals surface area contributed by atoms with Crippen molar-refractivity contribution < 1.29 is 4.42 Å². The van der Waals surface area contributed by atoms with Crippen molar-refractivity contribution in [1.29, 1.82) is 0 Å². The molecule has 0 atom stereocenters. The molecule has 0 aliphatic carbocycles. The summed E-state index contributed by atoms with van der Waals surface area (Å²) in [4.78, 5) is 4.19. The van der Waals surface area contributed by atoms with Crippen LogP contribution in [0, 0.1) is 6.92 Å². The first-order chi connectivity index (χ1) is 6.84. The second kappa shape index (κ2) is 4.06. The molecule has 2 heterocycles. The van der Waals surface area contributed by atoms with Gasteiger partial charge in [0.1, 0.15) is 5.76 Å². The zero-order valence-electron chi connectivity index (χ0n) is 7.60. The van der Waals surface area contributed by atoms with Gasteiger partial charge in [0.25, 0.3) is 0 Å². The van der Waals surface area contributed by atoms with E-state index in [1.165, 1.54) is 11.3 Å². The first-order valence-corrected chi connectivity index (χ1v) is 4.97. The molecular formula is C9H9N3OS. The van der Waals surface area contributed by atoms with Crippen LogP contribution in [0.3, 0.4) is 0 Å². The monoisotopic (exact) mass is 207 g/mol. The Kier molecular flexibility index (Phi) is 2.60. The lowest BCUT2D eigenvalue weighted by molar-refractivity contribution is 0.560. The molecule has 0 aliphatic heterocycles. The molecule has 2 aromatic heterocycles. The maximum absolute atomic E-state index is 5.07. The van der Waals surface area contributed by atoms with Gasteiger partial charge in [-0.2, -0.15) is 5.10 Å². The van der Waals surface area contributed by atoms with Crippen LogP contribution in [0.25, 0.3) is 0 Å². The highest BCUT2D eigenvalue weighted by atomic mass is 32.1. The van der Waals surface area contributed by atoms with Gasteiger partial charge >= 0.3 is 0 Å². The summed E-state index contributed by atoms with van der Waals surface area (Å²) < 4.78 is 5.07. The van der Waals surface area contributed by atoms with Crippen molar-refractivity contribution in [2.75, 3.05) is 5.43 Å². The van der Waals surface area contributed by atoms with Gasteiger partial charge in [-0.15, -0.1) is 11.3 Å². The third kappa shape index (κ3) is 2.20. The van der Waals surface area contributed by atoms with E-state index in [2.05, 4.69) is 15.5 Å². The SMILES string of the molecule is Cc1csc(N/N=C\c2ccco2)n1. The number of aryl methyl sites for hydroxylation is 1. The number of aromatic nitrogens is 1. The molecule has 0 amide bonds. The van der Waals surface area contributed by atoms with Crippen LogP contribution in [-0.2, 0) is 0 Å². The molecule has 0 fully saturated rings. The van der Waals surface area contributed by atoms with E-state index >= 15 is 0 Å². The summed E-state index contributed by atoms with van der Waals surface area (Å²) in [6.45, 7) is 1.94. The number of nitrogens with zero attached hydrogens (tertiary/aromatic N) is 2. The maximum Gasteiger partial charge on any atom is 0.203 e. The van der Waals surface area contributed by atoms with Crippen molar-refractivity contribution in [3.05, 3.63) is 35.2 Å². The molecule has 0 spiro atoms. The normalized spacial score (nSPS) is 10.9. The van der Waals surface area contributed by atoms with Crippen LogP contribution in [0.2, 0.25) is 0 Å². The quantitative estimate of drug-likeness (QED) is 0.621. The molecule has 0 bridgehead atoms. The number of rotatable bonds is 3. The number of thiazole rings is 1. The standard InChI is InChI=1S/C9H9N3OS/c1-7-6-14-9(11-7)12-10-5-8-3-2-4-13-8/h2-6H,1H3,(H,11,12)/b10-5-. The Morgan fingerprint density at radius 1 is 1.64 bits per heavy atom. The van der Waals surface area contributed by atoms with Crippen LogP contribution in [0.15, 0.2) is 33.3 Å². The van der Waals surface area contributed by atoms with Crippen molar-refractivity contribution in [2.24, 2.45) is 5.10 Å². The minimum absolute atomic E-state index is 0.714. The predicted octanol–water partition coefficient (Wildman–Crippen LogP) is 2.49. The van der Waals surface area contributed by atoms with Crippen LogP contribution in [-0.4, -0.2) is 11.2 Å². The molecule has 0 aromatic carbocycles. The smallest absolute Gasteiger partial charge is 0.203 e. The van der Waals surface area contributed by atoms with E-state index in [9.17, 15) is 0 Å². The molecule has 2 rings (SSSR count). The van der Waals surface area contributed by atoms with Crippen LogP contribution < -0.4 is 5.43 Å². The summed E-state index contributed by atoms with van der Waals surface area (Å²) in [7, 11) is 0. The van der Waals surface area contributed by atoms with E-state index in [1.807, 2.05) is 24.4 Å². The molecule has 0 unspecified atom stereocenters. The Balaban J connectivity index is 1.94. The van der Waals surface area contributed by atoms with Gasteiger partial charge in [-0.1, -0.05) is 0 Å². The summed E-state index contributed by atoms with van der Waals surface area (Å²) in [5.74, 6) is 0.714. The number of furan rings is 1. The molecule has 0 saturated heterocycles. The van der Waals surface area contributed by atoms with E-state index in [4.69, 9.17) is 4.42 Å². The lowest BCUT2D eigenvalue weighted by Gasteiger charge is -1.90. The molecule has 2 aromatic rings. The number of hydrogen-bond acceptors (Lipinski definition) is 5. The van der Waals surface area contributed by atoms with Crippen LogP contribution >= 0.6 is 11.3 Å². The average Bonchev–Trinajstić information content (AvgIpc) is 2.77. The first-order valence-electron chi connectivity index (χ1n) is 4.09. The van der Waals surface area contributed by atoms with Gasteiger partial charge in [-0.3, -0.25) is 5.43 Å². The van der Waals surface area contributed by atoms with Gasteiger partial charge in [0, 0.05) is 5.38 Å². The van der Waals surface area contributed by atoms with E-state index in [0.29, 0.717) is 5.76 Å². The highest BCUT2D eigenvalue weighted by Gasteiger charge is 1.94. The van der Waals surface area contributed by atoms with Crippen LogP contribution in [0.5, 0.6) is 0 Å². The largest absolute Gasteiger partial charge is 0.463 e. The number of hydrazone groups is 1. The van der Waals surface area contributed by atoms with E-state index < -0.39 is 0 Å². The first kappa shape index (κ1) is 8.96. The Labute approximate surface area is 85.3 Å². The van der Waals surface area contributed by atoms with Gasteiger partial charge in [0.2, 0.25) is 5.13 Å². The Morgan fingerprint density at radius 2 is 2.57 bits per heavy atom. The maximum atomic E-state index is 5.07. The second-order valence-electron chi connectivity index (χ2n) is 2.68. The van der Waals surface area contributed by atoms with Crippen LogP contribution in [0.4, 0.5) is 5.13 Å². The van der Waals surface area contributed by atoms with Crippen molar-refractivity contribution in [3.8, 4) is 0 Å². The Hall–Kier alpha value is -1.62.